The van der Waals surface area contributed by atoms with Crippen LogP contribution in [-0.4, -0.2) is 50.9 Å². The molecule has 0 radical (unpaired) electrons. The molecule has 1 rings (SSSR count). The Bertz CT molecular complexity index is 292. The molecule has 1 aromatic rings. The van der Waals surface area contributed by atoms with Crippen LogP contribution in [0.2, 0.25) is 0 Å². The standard InChI is InChI=1S/C8H14F2N4O/c1-13-6-11-12-8(13)5-14(2-3-15)4-7(9)10/h6-7,15H,2-5H2,1H3. The van der Waals surface area contributed by atoms with E-state index >= 15 is 0 Å². The summed E-state index contributed by atoms with van der Waals surface area (Å²) in [6.45, 7) is -0.0450. The molecule has 0 aliphatic heterocycles. The lowest BCUT2D eigenvalue weighted by Crippen LogP contribution is -2.32. The molecule has 0 amide bonds. The molecule has 5 nitrogen and oxygen atoms in total. The van der Waals surface area contributed by atoms with Gasteiger partial charge in [0.25, 0.3) is 6.43 Å². The highest BCUT2D eigenvalue weighted by molar-refractivity contribution is 4.84. The molecule has 1 heterocycles. The van der Waals surface area contributed by atoms with Crippen molar-refractivity contribution < 1.29 is 13.9 Å². The fraction of sp³-hybridized carbons (Fsp3) is 0.750. The minimum Gasteiger partial charge on any atom is -0.395 e. The topological polar surface area (TPSA) is 54.2 Å². The number of hydrogen-bond acceptors (Lipinski definition) is 4. The summed E-state index contributed by atoms with van der Waals surface area (Å²) >= 11 is 0. The van der Waals surface area contributed by atoms with E-state index in [-0.39, 0.29) is 26.2 Å². The minimum absolute atomic E-state index is 0.148. The molecule has 0 fully saturated rings. The largest absolute Gasteiger partial charge is 0.395 e. The molecule has 15 heavy (non-hydrogen) atoms. The van der Waals surface area contributed by atoms with Gasteiger partial charge in [0, 0.05) is 13.6 Å². The molecule has 0 aliphatic rings. The summed E-state index contributed by atoms with van der Waals surface area (Å²) in [6, 6.07) is 0. The van der Waals surface area contributed by atoms with Crippen LogP contribution in [-0.2, 0) is 13.6 Å². The van der Waals surface area contributed by atoms with Crippen LogP contribution in [0.5, 0.6) is 0 Å². The van der Waals surface area contributed by atoms with Crippen molar-refractivity contribution >= 4 is 0 Å². The molecular weight excluding hydrogens is 206 g/mol. The van der Waals surface area contributed by atoms with E-state index in [0.717, 1.165) is 0 Å². The first-order valence-electron chi connectivity index (χ1n) is 4.57. The Morgan fingerprint density at radius 2 is 2.33 bits per heavy atom. The smallest absolute Gasteiger partial charge is 0.251 e. The number of aryl methyl sites for hydroxylation is 1. The van der Waals surface area contributed by atoms with Crippen LogP contribution in [0.4, 0.5) is 8.78 Å². The summed E-state index contributed by atoms with van der Waals surface area (Å²) in [5.41, 5.74) is 0. The number of aliphatic hydroxyl groups is 1. The fourth-order valence-electron chi connectivity index (χ4n) is 1.22. The van der Waals surface area contributed by atoms with E-state index in [0.29, 0.717) is 5.82 Å². The summed E-state index contributed by atoms with van der Waals surface area (Å²) in [5.74, 6) is 0.601. The van der Waals surface area contributed by atoms with Crippen LogP contribution in [0.25, 0.3) is 0 Å². The predicted octanol–water partition coefficient (Wildman–Crippen LogP) is -0.126. The zero-order chi connectivity index (χ0) is 11.3. The van der Waals surface area contributed by atoms with Crippen LogP contribution >= 0.6 is 0 Å². The quantitative estimate of drug-likeness (QED) is 0.726. The normalized spacial score (nSPS) is 11.6. The van der Waals surface area contributed by atoms with Gasteiger partial charge in [-0.1, -0.05) is 0 Å². The second-order valence-electron chi connectivity index (χ2n) is 3.21. The van der Waals surface area contributed by atoms with E-state index in [4.69, 9.17) is 5.11 Å². The number of halogens is 2. The Morgan fingerprint density at radius 1 is 1.60 bits per heavy atom. The van der Waals surface area contributed by atoms with Gasteiger partial charge in [-0.05, 0) is 0 Å². The maximum atomic E-state index is 12.2. The van der Waals surface area contributed by atoms with E-state index in [1.165, 1.54) is 11.2 Å². The maximum Gasteiger partial charge on any atom is 0.251 e. The highest BCUT2D eigenvalue weighted by Crippen LogP contribution is 2.03. The molecule has 0 saturated carbocycles. The van der Waals surface area contributed by atoms with Crippen molar-refractivity contribution in [3.63, 3.8) is 0 Å². The highest BCUT2D eigenvalue weighted by atomic mass is 19.3. The van der Waals surface area contributed by atoms with Gasteiger partial charge < -0.3 is 9.67 Å². The molecule has 0 atom stereocenters. The van der Waals surface area contributed by atoms with E-state index in [1.807, 2.05) is 0 Å². The number of rotatable bonds is 6. The number of aliphatic hydroxyl groups excluding tert-OH is 1. The van der Waals surface area contributed by atoms with Gasteiger partial charge in [0.15, 0.2) is 0 Å². The molecule has 0 saturated heterocycles. The first-order valence-corrected chi connectivity index (χ1v) is 4.57. The second kappa shape index (κ2) is 5.72. The maximum absolute atomic E-state index is 12.2. The van der Waals surface area contributed by atoms with Crippen LogP contribution in [0.1, 0.15) is 5.82 Å². The molecule has 0 aliphatic carbocycles. The molecular formula is C8H14F2N4O. The van der Waals surface area contributed by atoms with Gasteiger partial charge in [0.2, 0.25) is 0 Å². The Labute approximate surface area is 86.3 Å². The van der Waals surface area contributed by atoms with Gasteiger partial charge >= 0.3 is 0 Å². The molecule has 0 unspecified atom stereocenters. The van der Waals surface area contributed by atoms with Gasteiger partial charge in [-0.25, -0.2) is 8.78 Å². The Morgan fingerprint density at radius 3 is 2.80 bits per heavy atom. The number of hydrogen-bond donors (Lipinski definition) is 1. The summed E-state index contributed by atoms with van der Waals surface area (Å²) in [4.78, 5) is 1.44. The van der Waals surface area contributed by atoms with Crippen molar-refractivity contribution in [1.29, 1.82) is 0 Å². The minimum atomic E-state index is -2.41. The van der Waals surface area contributed by atoms with Crippen molar-refractivity contribution in [2.24, 2.45) is 7.05 Å². The van der Waals surface area contributed by atoms with Crippen molar-refractivity contribution in [3.05, 3.63) is 12.2 Å². The third kappa shape index (κ3) is 3.88. The lowest BCUT2D eigenvalue weighted by molar-refractivity contribution is 0.0729. The number of nitrogens with zero attached hydrogens (tertiary/aromatic N) is 4. The van der Waals surface area contributed by atoms with Gasteiger partial charge in [-0.15, -0.1) is 10.2 Å². The highest BCUT2D eigenvalue weighted by Gasteiger charge is 2.14. The molecule has 0 bridgehead atoms. The van der Waals surface area contributed by atoms with Crippen LogP contribution < -0.4 is 0 Å². The average Bonchev–Trinajstić information content (AvgIpc) is 2.51. The molecule has 1 N–H and O–H groups in total. The third-order valence-electron chi connectivity index (χ3n) is 1.98. The monoisotopic (exact) mass is 220 g/mol. The summed E-state index contributed by atoms with van der Waals surface area (Å²) in [7, 11) is 1.74. The van der Waals surface area contributed by atoms with Crippen molar-refractivity contribution in [3.8, 4) is 0 Å². The predicted molar refractivity (Wildman–Crippen MR) is 49.4 cm³/mol. The van der Waals surface area contributed by atoms with E-state index in [9.17, 15) is 8.78 Å². The van der Waals surface area contributed by atoms with Crippen molar-refractivity contribution in [2.45, 2.75) is 13.0 Å². The Kier molecular flexibility index (Phi) is 4.57. The average molecular weight is 220 g/mol. The van der Waals surface area contributed by atoms with Crippen LogP contribution in [0.15, 0.2) is 6.33 Å². The summed E-state index contributed by atoms with van der Waals surface area (Å²) in [6.07, 6.45) is -0.903. The molecule has 0 aromatic carbocycles. The summed E-state index contributed by atoms with van der Waals surface area (Å²) in [5, 5.41) is 16.2. The first kappa shape index (κ1) is 12.0. The first-order chi connectivity index (χ1) is 7.13. The SMILES string of the molecule is Cn1cnnc1CN(CCO)CC(F)F. The third-order valence-corrected chi connectivity index (χ3v) is 1.98. The van der Waals surface area contributed by atoms with Gasteiger partial charge in [0.1, 0.15) is 12.2 Å². The zero-order valence-electron chi connectivity index (χ0n) is 8.48. The molecule has 86 valence electrons. The second-order valence-corrected chi connectivity index (χ2v) is 3.21. The van der Waals surface area contributed by atoms with E-state index in [2.05, 4.69) is 10.2 Å². The Balaban J connectivity index is 2.54. The molecule has 0 spiro atoms. The lowest BCUT2D eigenvalue weighted by atomic mass is 10.4. The zero-order valence-corrected chi connectivity index (χ0v) is 8.48. The fourth-order valence-corrected chi connectivity index (χ4v) is 1.22. The Hall–Kier alpha value is -1.08. The van der Waals surface area contributed by atoms with Gasteiger partial charge in [0.05, 0.1) is 19.7 Å². The van der Waals surface area contributed by atoms with Gasteiger partial charge in [-0.2, -0.15) is 0 Å². The lowest BCUT2D eigenvalue weighted by Gasteiger charge is -2.19. The summed E-state index contributed by atoms with van der Waals surface area (Å²) < 4.78 is 26.0. The van der Waals surface area contributed by atoms with Crippen LogP contribution in [0.3, 0.4) is 0 Å². The molecule has 7 heteroatoms. The van der Waals surface area contributed by atoms with Crippen molar-refractivity contribution in [2.75, 3.05) is 19.7 Å². The molecule has 1 aromatic heterocycles. The number of alkyl halides is 2. The number of aromatic nitrogens is 3. The van der Waals surface area contributed by atoms with Crippen LogP contribution in [0, 0.1) is 0 Å². The van der Waals surface area contributed by atoms with Crippen molar-refractivity contribution in [1.82, 2.24) is 19.7 Å². The van der Waals surface area contributed by atoms with E-state index < -0.39 is 6.43 Å². The van der Waals surface area contributed by atoms with E-state index in [1.54, 1.807) is 11.6 Å². The van der Waals surface area contributed by atoms with Gasteiger partial charge in [-0.3, -0.25) is 4.90 Å².